The van der Waals surface area contributed by atoms with Gasteiger partial charge in [-0.15, -0.1) is 0 Å². The molecular weight excluding hydrogens is 221 g/mol. The molecule has 1 aliphatic heterocycles. The van der Waals surface area contributed by atoms with Gasteiger partial charge >= 0.3 is 0 Å². The first kappa shape index (κ1) is 10.3. The highest BCUT2D eigenvalue weighted by Gasteiger charge is 2.15. The van der Waals surface area contributed by atoms with Crippen molar-refractivity contribution in [1.29, 1.82) is 0 Å². The number of nitrogens with one attached hydrogen (secondary N) is 1. The van der Waals surface area contributed by atoms with Gasteiger partial charge in [-0.3, -0.25) is 4.79 Å². The average Bonchev–Trinajstić information content (AvgIpc) is 2.84. The van der Waals surface area contributed by atoms with Crippen LogP contribution < -0.4 is 10.5 Å². The fraction of sp³-hybridized carbons (Fsp3) is 0.333. The summed E-state index contributed by atoms with van der Waals surface area (Å²) in [4.78, 5) is 20.0. The molecule has 1 fully saturated rings. The van der Waals surface area contributed by atoms with Crippen molar-refractivity contribution in [2.24, 2.45) is 0 Å². The Balaban J connectivity index is 2.22. The van der Waals surface area contributed by atoms with Crippen molar-refractivity contribution in [1.82, 2.24) is 9.97 Å². The molecule has 0 radical (unpaired) electrons. The van der Waals surface area contributed by atoms with E-state index < -0.39 is 5.82 Å². The molecule has 0 unspecified atom stereocenters. The summed E-state index contributed by atoms with van der Waals surface area (Å²) in [6, 6.07) is 3.18. The van der Waals surface area contributed by atoms with E-state index in [4.69, 9.17) is 0 Å². The topological polar surface area (TPSA) is 49.0 Å². The Morgan fingerprint density at radius 2 is 2.06 bits per heavy atom. The van der Waals surface area contributed by atoms with E-state index in [9.17, 15) is 9.18 Å². The van der Waals surface area contributed by atoms with Gasteiger partial charge in [-0.1, -0.05) is 0 Å². The van der Waals surface area contributed by atoms with E-state index in [1.807, 2.05) is 0 Å². The Bertz CT molecular complexity index is 617. The monoisotopic (exact) mass is 233 g/mol. The number of halogens is 1. The van der Waals surface area contributed by atoms with Crippen molar-refractivity contribution in [2.45, 2.75) is 12.8 Å². The highest BCUT2D eigenvalue weighted by molar-refractivity contribution is 5.82. The Morgan fingerprint density at radius 1 is 1.29 bits per heavy atom. The van der Waals surface area contributed by atoms with Crippen LogP contribution in [0, 0.1) is 5.82 Å². The summed E-state index contributed by atoms with van der Waals surface area (Å²) in [7, 11) is 0. The number of nitrogens with zero attached hydrogens (tertiary/aromatic N) is 2. The van der Waals surface area contributed by atoms with Gasteiger partial charge in [0.2, 0.25) is 0 Å². The minimum absolute atomic E-state index is 0.136. The zero-order valence-corrected chi connectivity index (χ0v) is 9.24. The van der Waals surface area contributed by atoms with Crippen molar-refractivity contribution in [3.63, 3.8) is 0 Å². The molecule has 5 heteroatoms. The van der Waals surface area contributed by atoms with Crippen LogP contribution in [0.5, 0.6) is 0 Å². The normalized spacial score (nSPS) is 15.7. The van der Waals surface area contributed by atoms with E-state index in [2.05, 4.69) is 14.9 Å². The van der Waals surface area contributed by atoms with Crippen LogP contribution in [0.2, 0.25) is 0 Å². The molecule has 2 heterocycles. The summed E-state index contributed by atoms with van der Waals surface area (Å²) in [6.07, 6.45) is 3.45. The van der Waals surface area contributed by atoms with E-state index in [1.54, 1.807) is 6.07 Å². The van der Waals surface area contributed by atoms with Gasteiger partial charge in [0, 0.05) is 18.8 Å². The second-order valence-corrected chi connectivity index (χ2v) is 4.25. The number of hydrogen-bond donors (Lipinski definition) is 1. The van der Waals surface area contributed by atoms with Gasteiger partial charge in [-0.25, -0.2) is 9.37 Å². The second kappa shape index (κ2) is 3.84. The fourth-order valence-electron chi connectivity index (χ4n) is 2.28. The van der Waals surface area contributed by atoms with Crippen LogP contribution in [0.15, 0.2) is 23.3 Å². The zero-order chi connectivity index (χ0) is 11.8. The SMILES string of the molecule is O=c1[nH]cnc2c(F)cc(N3CCCC3)cc12. The molecule has 0 aliphatic carbocycles. The molecule has 4 nitrogen and oxygen atoms in total. The molecule has 1 aliphatic rings. The van der Waals surface area contributed by atoms with E-state index in [0.717, 1.165) is 31.6 Å². The molecule has 0 saturated carbocycles. The minimum Gasteiger partial charge on any atom is -0.371 e. The maximum atomic E-state index is 13.8. The summed E-state index contributed by atoms with van der Waals surface area (Å²) in [5.41, 5.74) is 0.609. The average molecular weight is 233 g/mol. The van der Waals surface area contributed by atoms with Crippen LogP contribution in [0.3, 0.4) is 0 Å². The lowest BCUT2D eigenvalue weighted by Crippen LogP contribution is -2.18. The molecule has 0 atom stereocenters. The number of aromatic nitrogens is 2. The molecule has 88 valence electrons. The lowest BCUT2D eigenvalue weighted by Gasteiger charge is -2.17. The smallest absolute Gasteiger partial charge is 0.258 e. The largest absolute Gasteiger partial charge is 0.371 e. The van der Waals surface area contributed by atoms with Gasteiger partial charge in [0.25, 0.3) is 5.56 Å². The maximum absolute atomic E-state index is 13.8. The quantitative estimate of drug-likeness (QED) is 0.815. The van der Waals surface area contributed by atoms with E-state index >= 15 is 0 Å². The summed E-state index contributed by atoms with van der Waals surface area (Å²) in [6.45, 7) is 1.84. The van der Waals surface area contributed by atoms with E-state index in [-0.39, 0.29) is 11.1 Å². The first-order chi connectivity index (χ1) is 8.25. The summed E-state index contributed by atoms with van der Waals surface area (Å²) in [5, 5.41) is 0.314. The highest BCUT2D eigenvalue weighted by Crippen LogP contribution is 2.24. The van der Waals surface area contributed by atoms with Crippen LogP contribution in [0.1, 0.15) is 12.8 Å². The molecule has 1 aromatic carbocycles. The van der Waals surface area contributed by atoms with Gasteiger partial charge in [-0.05, 0) is 25.0 Å². The minimum atomic E-state index is -0.435. The number of H-pyrrole nitrogens is 1. The summed E-state index contributed by atoms with van der Waals surface area (Å²) < 4.78 is 13.8. The summed E-state index contributed by atoms with van der Waals surface area (Å²) in [5.74, 6) is -0.435. The van der Waals surface area contributed by atoms with Crippen molar-refractivity contribution in [3.05, 3.63) is 34.6 Å². The number of fused-ring (bicyclic) bond motifs is 1. The van der Waals surface area contributed by atoms with Crippen molar-refractivity contribution in [2.75, 3.05) is 18.0 Å². The molecule has 0 amide bonds. The first-order valence-corrected chi connectivity index (χ1v) is 5.67. The third-order valence-corrected chi connectivity index (χ3v) is 3.15. The number of hydrogen-bond acceptors (Lipinski definition) is 3. The molecule has 17 heavy (non-hydrogen) atoms. The van der Waals surface area contributed by atoms with Gasteiger partial charge in [0.05, 0.1) is 11.7 Å². The molecule has 1 saturated heterocycles. The van der Waals surface area contributed by atoms with Crippen LogP contribution in [0.4, 0.5) is 10.1 Å². The molecule has 0 spiro atoms. The van der Waals surface area contributed by atoms with Gasteiger partial charge in [-0.2, -0.15) is 0 Å². The Hall–Kier alpha value is -1.91. The lowest BCUT2D eigenvalue weighted by molar-refractivity contribution is 0.635. The third kappa shape index (κ3) is 1.67. The Kier molecular flexibility index (Phi) is 2.31. The highest BCUT2D eigenvalue weighted by atomic mass is 19.1. The fourth-order valence-corrected chi connectivity index (χ4v) is 2.28. The molecular formula is C12H12FN3O. The predicted molar refractivity (Wildman–Crippen MR) is 63.8 cm³/mol. The van der Waals surface area contributed by atoms with E-state index in [1.165, 1.54) is 12.4 Å². The first-order valence-electron chi connectivity index (χ1n) is 5.67. The Morgan fingerprint density at radius 3 is 2.82 bits per heavy atom. The number of aromatic amines is 1. The second-order valence-electron chi connectivity index (χ2n) is 4.25. The number of anilines is 1. The number of benzene rings is 1. The standard InChI is InChI=1S/C12H12FN3O/c13-10-6-8(16-3-1-2-4-16)5-9-11(10)14-7-15-12(9)17/h5-7H,1-4H2,(H,14,15,17). The number of rotatable bonds is 1. The van der Waals surface area contributed by atoms with Crippen LogP contribution >= 0.6 is 0 Å². The lowest BCUT2D eigenvalue weighted by atomic mass is 10.2. The molecule has 1 N–H and O–H groups in total. The van der Waals surface area contributed by atoms with Gasteiger partial charge in [0.15, 0.2) is 5.82 Å². The van der Waals surface area contributed by atoms with Gasteiger partial charge < -0.3 is 9.88 Å². The van der Waals surface area contributed by atoms with Gasteiger partial charge in [0.1, 0.15) is 5.52 Å². The third-order valence-electron chi connectivity index (χ3n) is 3.15. The van der Waals surface area contributed by atoms with E-state index in [0.29, 0.717) is 5.39 Å². The predicted octanol–water partition coefficient (Wildman–Crippen LogP) is 1.66. The van der Waals surface area contributed by atoms with Crippen LogP contribution in [-0.4, -0.2) is 23.1 Å². The van der Waals surface area contributed by atoms with Crippen molar-refractivity contribution < 1.29 is 4.39 Å². The van der Waals surface area contributed by atoms with Crippen molar-refractivity contribution >= 4 is 16.6 Å². The zero-order valence-electron chi connectivity index (χ0n) is 9.24. The molecule has 2 aromatic rings. The molecule has 0 bridgehead atoms. The summed E-state index contributed by atoms with van der Waals surface area (Å²) >= 11 is 0. The van der Waals surface area contributed by atoms with Crippen LogP contribution in [-0.2, 0) is 0 Å². The molecule has 3 rings (SSSR count). The Labute approximate surface area is 97.1 Å². The molecule has 1 aromatic heterocycles. The van der Waals surface area contributed by atoms with Crippen molar-refractivity contribution in [3.8, 4) is 0 Å². The maximum Gasteiger partial charge on any atom is 0.258 e. The van der Waals surface area contributed by atoms with Crippen LogP contribution in [0.25, 0.3) is 10.9 Å².